The molecule has 0 aromatic heterocycles. The third-order valence-electron chi connectivity index (χ3n) is 5.44. The molecule has 3 rings (SSSR count). The Morgan fingerprint density at radius 2 is 2.21 bits per heavy atom. The van der Waals surface area contributed by atoms with Crippen LogP contribution in [-0.2, 0) is 16.1 Å². The Morgan fingerprint density at radius 3 is 2.86 bits per heavy atom. The normalized spacial score (nSPS) is 19.3. The summed E-state index contributed by atoms with van der Waals surface area (Å²) in [6.45, 7) is 11.5. The van der Waals surface area contributed by atoms with Crippen LogP contribution in [0.1, 0.15) is 55.7 Å². The van der Waals surface area contributed by atoms with Gasteiger partial charge in [0.1, 0.15) is 11.9 Å². The van der Waals surface area contributed by atoms with Gasteiger partial charge in [-0.05, 0) is 43.4 Å². The molecule has 5 nitrogen and oxygen atoms in total. The van der Waals surface area contributed by atoms with E-state index in [0.29, 0.717) is 32.3 Å². The van der Waals surface area contributed by atoms with Crippen LogP contribution in [0.3, 0.4) is 0 Å². The number of benzene rings is 1. The fraction of sp³-hybridized carbons (Fsp3) is 0.609. The van der Waals surface area contributed by atoms with Crippen LogP contribution >= 0.6 is 0 Å². The molecule has 1 saturated heterocycles. The number of ether oxygens (including phenoxy) is 2. The molecule has 154 valence electrons. The fourth-order valence-electron chi connectivity index (χ4n) is 3.72. The van der Waals surface area contributed by atoms with Crippen molar-refractivity contribution in [3.8, 4) is 5.75 Å². The number of carbonyl (C=O) groups is 1. The molecular formula is C23H34N2O3. The van der Waals surface area contributed by atoms with Crippen molar-refractivity contribution in [3.63, 3.8) is 0 Å². The number of unbranched alkanes of at least 4 members (excludes halogenated alkanes) is 2. The second kappa shape index (κ2) is 10.1. The zero-order valence-electron chi connectivity index (χ0n) is 17.3. The van der Waals surface area contributed by atoms with Crippen LogP contribution in [0.25, 0.3) is 6.08 Å². The van der Waals surface area contributed by atoms with E-state index >= 15 is 0 Å². The molecule has 1 heterocycles. The van der Waals surface area contributed by atoms with Gasteiger partial charge in [0.05, 0.1) is 13.2 Å². The van der Waals surface area contributed by atoms with Gasteiger partial charge >= 0.3 is 0 Å². The zero-order valence-corrected chi connectivity index (χ0v) is 17.3. The van der Waals surface area contributed by atoms with E-state index in [4.69, 9.17) is 9.47 Å². The monoisotopic (exact) mass is 386 g/mol. The molecular weight excluding hydrogens is 352 g/mol. The first-order valence-electron chi connectivity index (χ1n) is 10.7. The summed E-state index contributed by atoms with van der Waals surface area (Å²) in [6.07, 6.45) is 7.04. The second-order valence-corrected chi connectivity index (χ2v) is 7.85. The number of hydrogen-bond donors (Lipinski definition) is 1. The molecule has 0 spiro atoms. The summed E-state index contributed by atoms with van der Waals surface area (Å²) in [5.74, 6) is 0.977. The van der Waals surface area contributed by atoms with Crippen LogP contribution in [0.2, 0.25) is 0 Å². The van der Waals surface area contributed by atoms with Crippen LogP contribution in [0, 0.1) is 6.92 Å². The van der Waals surface area contributed by atoms with Gasteiger partial charge in [-0.2, -0.15) is 0 Å². The van der Waals surface area contributed by atoms with Crippen molar-refractivity contribution in [2.24, 2.45) is 0 Å². The summed E-state index contributed by atoms with van der Waals surface area (Å²) < 4.78 is 11.8. The van der Waals surface area contributed by atoms with E-state index in [9.17, 15) is 4.79 Å². The molecule has 1 aromatic rings. The van der Waals surface area contributed by atoms with E-state index in [1.807, 2.05) is 11.0 Å². The van der Waals surface area contributed by atoms with Gasteiger partial charge < -0.3 is 19.7 Å². The molecule has 0 radical (unpaired) electrons. The standard InChI is InChI=1S/C23H34N2O3/c1-4-6-7-11-27-21-14-18(13-17(3)20(21)5-2)16-25(19-8-9-19)23(26)22-15-24-10-12-28-22/h5,13-14,19,22,24H,2,4,6-12,15-16H2,1,3H3/t22-/m1/s1. The lowest BCUT2D eigenvalue weighted by Gasteiger charge is -2.30. The summed E-state index contributed by atoms with van der Waals surface area (Å²) in [6, 6.07) is 4.57. The van der Waals surface area contributed by atoms with Crippen molar-refractivity contribution < 1.29 is 14.3 Å². The molecule has 1 atom stereocenters. The van der Waals surface area contributed by atoms with Crippen LogP contribution < -0.4 is 10.1 Å². The van der Waals surface area contributed by atoms with Gasteiger partial charge in [0.2, 0.25) is 0 Å². The quantitative estimate of drug-likeness (QED) is 0.623. The number of hydrogen-bond acceptors (Lipinski definition) is 4. The van der Waals surface area contributed by atoms with Crippen molar-refractivity contribution in [1.29, 1.82) is 0 Å². The molecule has 5 heteroatoms. The number of carbonyl (C=O) groups excluding carboxylic acids is 1. The van der Waals surface area contributed by atoms with Crippen LogP contribution in [0.4, 0.5) is 0 Å². The summed E-state index contributed by atoms with van der Waals surface area (Å²) >= 11 is 0. The largest absolute Gasteiger partial charge is 0.493 e. The van der Waals surface area contributed by atoms with Gasteiger partial charge in [-0.25, -0.2) is 0 Å². The minimum Gasteiger partial charge on any atom is -0.493 e. The number of rotatable bonds is 10. The SMILES string of the molecule is C=Cc1c(C)cc(CN(C(=O)[C@H]2CNCCO2)C2CC2)cc1OCCCCC. The molecule has 1 saturated carbocycles. The lowest BCUT2D eigenvalue weighted by molar-refractivity contribution is -0.146. The Morgan fingerprint density at radius 1 is 1.39 bits per heavy atom. The molecule has 0 unspecified atom stereocenters. The molecule has 1 aliphatic heterocycles. The van der Waals surface area contributed by atoms with E-state index in [-0.39, 0.29) is 12.0 Å². The Hall–Kier alpha value is -1.85. The maximum absolute atomic E-state index is 13.0. The third kappa shape index (κ3) is 5.36. The first-order chi connectivity index (χ1) is 13.6. The molecule has 1 amide bonds. The number of nitrogens with zero attached hydrogens (tertiary/aromatic N) is 1. The summed E-state index contributed by atoms with van der Waals surface area (Å²) in [5.41, 5.74) is 3.29. The van der Waals surface area contributed by atoms with Crippen molar-refractivity contribution in [1.82, 2.24) is 10.2 Å². The molecule has 2 aliphatic rings. The van der Waals surface area contributed by atoms with E-state index < -0.39 is 0 Å². The Balaban J connectivity index is 1.74. The van der Waals surface area contributed by atoms with Crippen molar-refractivity contribution in [2.45, 2.75) is 64.6 Å². The molecule has 1 aliphatic carbocycles. The maximum atomic E-state index is 13.0. The minimum atomic E-state index is -0.368. The minimum absolute atomic E-state index is 0.102. The average Bonchev–Trinajstić information content (AvgIpc) is 3.54. The topological polar surface area (TPSA) is 50.8 Å². The number of nitrogens with one attached hydrogen (secondary N) is 1. The number of aryl methyl sites for hydroxylation is 1. The number of amides is 1. The highest BCUT2D eigenvalue weighted by Crippen LogP contribution is 2.32. The van der Waals surface area contributed by atoms with Gasteiger partial charge in [0.15, 0.2) is 0 Å². The molecule has 28 heavy (non-hydrogen) atoms. The first-order valence-corrected chi connectivity index (χ1v) is 10.7. The van der Waals surface area contributed by atoms with Gasteiger partial charge in [-0.3, -0.25) is 4.79 Å². The van der Waals surface area contributed by atoms with Crippen molar-refractivity contribution in [2.75, 3.05) is 26.3 Å². The van der Waals surface area contributed by atoms with Crippen LogP contribution in [-0.4, -0.2) is 49.3 Å². The Labute approximate surface area is 169 Å². The molecule has 0 bridgehead atoms. The van der Waals surface area contributed by atoms with Gasteiger partial charge in [-0.1, -0.05) is 38.5 Å². The lowest BCUT2D eigenvalue weighted by Crippen LogP contribution is -2.49. The van der Waals surface area contributed by atoms with E-state index in [0.717, 1.165) is 48.2 Å². The fourth-order valence-corrected chi connectivity index (χ4v) is 3.72. The Kier molecular flexibility index (Phi) is 7.51. The number of morpholine rings is 1. The highest BCUT2D eigenvalue weighted by molar-refractivity contribution is 5.82. The highest BCUT2D eigenvalue weighted by atomic mass is 16.5. The van der Waals surface area contributed by atoms with Gasteiger partial charge in [0, 0.05) is 31.2 Å². The zero-order chi connectivity index (χ0) is 19.9. The van der Waals surface area contributed by atoms with E-state index in [1.54, 1.807) is 0 Å². The van der Waals surface area contributed by atoms with Crippen LogP contribution in [0.15, 0.2) is 18.7 Å². The van der Waals surface area contributed by atoms with Gasteiger partial charge in [-0.15, -0.1) is 0 Å². The predicted octanol–water partition coefficient (Wildman–Crippen LogP) is 3.69. The highest BCUT2D eigenvalue weighted by Gasteiger charge is 2.36. The molecule has 1 N–H and O–H groups in total. The van der Waals surface area contributed by atoms with Crippen molar-refractivity contribution in [3.05, 3.63) is 35.4 Å². The summed E-state index contributed by atoms with van der Waals surface area (Å²) in [4.78, 5) is 15.0. The summed E-state index contributed by atoms with van der Waals surface area (Å²) in [5, 5.41) is 3.26. The van der Waals surface area contributed by atoms with E-state index in [2.05, 4.69) is 37.9 Å². The first kappa shape index (κ1) is 20.9. The Bertz CT molecular complexity index is 679. The average molecular weight is 387 g/mol. The molecule has 2 fully saturated rings. The lowest BCUT2D eigenvalue weighted by atomic mass is 10.0. The maximum Gasteiger partial charge on any atom is 0.253 e. The molecule has 1 aromatic carbocycles. The van der Waals surface area contributed by atoms with E-state index in [1.165, 1.54) is 12.8 Å². The predicted molar refractivity (Wildman–Crippen MR) is 112 cm³/mol. The van der Waals surface area contributed by atoms with Gasteiger partial charge in [0.25, 0.3) is 5.91 Å². The summed E-state index contributed by atoms with van der Waals surface area (Å²) in [7, 11) is 0. The second-order valence-electron chi connectivity index (χ2n) is 7.85. The smallest absolute Gasteiger partial charge is 0.253 e. The van der Waals surface area contributed by atoms with Crippen LogP contribution in [0.5, 0.6) is 5.75 Å². The third-order valence-corrected chi connectivity index (χ3v) is 5.44. The van der Waals surface area contributed by atoms with Crippen molar-refractivity contribution >= 4 is 12.0 Å².